The molecule has 0 aromatic heterocycles. The largest absolute Gasteiger partial charge is 0.398 e. The Labute approximate surface area is 185 Å². The van der Waals surface area contributed by atoms with E-state index in [9.17, 15) is 10.4 Å². The van der Waals surface area contributed by atoms with Gasteiger partial charge in [-0.1, -0.05) is 84.6 Å². The minimum Gasteiger partial charge on any atom is -0.398 e. The van der Waals surface area contributed by atoms with Gasteiger partial charge in [-0.3, -0.25) is 0 Å². The number of nitrogen functional groups attached to an aromatic ring is 1. The molecular formula is C26H21N3OS. The van der Waals surface area contributed by atoms with Crippen molar-refractivity contribution < 1.29 is 5.11 Å². The van der Waals surface area contributed by atoms with Gasteiger partial charge in [0.25, 0.3) is 0 Å². The molecule has 0 saturated carbocycles. The molecule has 4 rings (SSSR count). The second kappa shape index (κ2) is 8.97. The topological polar surface area (TPSA) is 96.1 Å². The van der Waals surface area contributed by atoms with E-state index in [-0.39, 0.29) is 0 Å². The average Bonchev–Trinajstić information content (AvgIpc) is 2.80. The van der Waals surface area contributed by atoms with Gasteiger partial charge in [0.1, 0.15) is 12.2 Å². The number of allylic oxidation sites excluding steroid dienone is 1. The van der Waals surface area contributed by atoms with E-state index in [0.717, 1.165) is 21.2 Å². The van der Waals surface area contributed by atoms with Crippen molar-refractivity contribution in [1.29, 1.82) is 5.26 Å². The highest BCUT2D eigenvalue weighted by Gasteiger charge is 2.16. The van der Waals surface area contributed by atoms with Crippen LogP contribution in [-0.2, 0) is 0 Å². The van der Waals surface area contributed by atoms with E-state index in [1.54, 1.807) is 6.07 Å². The number of benzene rings is 4. The number of aliphatic hydroxyl groups excluding tert-OH is 1. The SMILES string of the molecule is N#C/C(=C(/N)Sc1ccccc1N)c1cccc(C(O)c2cccc3ccccc23)c1. The van der Waals surface area contributed by atoms with Gasteiger partial charge in [0.2, 0.25) is 0 Å². The zero-order valence-corrected chi connectivity index (χ0v) is 17.5. The molecule has 4 aromatic rings. The molecule has 5 heteroatoms. The molecule has 0 heterocycles. The molecule has 0 fully saturated rings. The van der Waals surface area contributed by atoms with Gasteiger partial charge in [0.05, 0.1) is 10.6 Å². The van der Waals surface area contributed by atoms with E-state index >= 15 is 0 Å². The van der Waals surface area contributed by atoms with Crippen LogP contribution < -0.4 is 11.5 Å². The van der Waals surface area contributed by atoms with Crippen LogP contribution in [0.4, 0.5) is 5.69 Å². The number of hydrogen-bond donors (Lipinski definition) is 3. The van der Waals surface area contributed by atoms with Crippen molar-refractivity contribution >= 4 is 33.8 Å². The van der Waals surface area contributed by atoms with Crippen LogP contribution in [0.15, 0.2) is 101 Å². The molecule has 31 heavy (non-hydrogen) atoms. The summed E-state index contributed by atoms with van der Waals surface area (Å²) < 4.78 is 0. The predicted molar refractivity (Wildman–Crippen MR) is 128 cm³/mol. The Bertz CT molecular complexity index is 1320. The monoisotopic (exact) mass is 423 g/mol. The summed E-state index contributed by atoms with van der Waals surface area (Å²) in [5.41, 5.74) is 15.4. The summed E-state index contributed by atoms with van der Waals surface area (Å²) in [4.78, 5) is 0.791. The van der Waals surface area contributed by atoms with Crippen LogP contribution in [0.5, 0.6) is 0 Å². The van der Waals surface area contributed by atoms with E-state index in [0.29, 0.717) is 27.4 Å². The van der Waals surface area contributed by atoms with E-state index in [1.165, 1.54) is 11.8 Å². The van der Waals surface area contributed by atoms with E-state index in [1.807, 2.05) is 84.9 Å². The molecule has 5 N–H and O–H groups in total. The number of thioether (sulfide) groups is 1. The Balaban J connectivity index is 1.71. The van der Waals surface area contributed by atoms with Crippen LogP contribution in [0.1, 0.15) is 22.8 Å². The number of nitrogens with two attached hydrogens (primary N) is 2. The Morgan fingerprint density at radius 1 is 0.903 bits per heavy atom. The lowest BCUT2D eigenvalue weighted by molar-refractivity contribution is 0.222. The number of aliphatic hydroxyl groups is 1. The Morgan fingerprint density at radius 2 is 1.61 bits per heavy atom. The first-order valence-electron chi connectivity index (χ1n) is 9.76. The van der Waals surface area contributed by atoms with Gasteiger partial charge in [0.15, 0.2) is 0 Å². The molecule has 1 unspecified atom stereocenters. The Morgan fingerprint density at radius 3 is 2.42 bits per heavy atom. The summed E-state index contributed by atoms with van der Waals surface area (Å²) in [5, 5.41) is 23.3. The van der Waals surface area contributed by atoms with Crippen molar-refractivity contribution in [1.82, 2.24) is 0 Å². The summed E-state index contributed by atoms with van der Waals surface area (Å²) in [7, 11) is 0. The first-order chi connectivity index (χ1) is 15.1. The van der Waals surface area contributed by atoms with Crippen molar-refractivity contribution in [2.75, 3.05) is 5.73 Å². The third-order valence-corrected chi connectivity index (χ3v) is 6.12. The molecule has 4 nitrogen and oxygen atoms in total. The molecule has 0 aliphatic rings. The number of nitriles is 1. The van der Waals surface area contributed by atoms with E-state index < -0.39 is 6.10 Å². The fourth-order valence-corrected chi connectivity index (χ4v) is 4.37. The molecule has 4 aromatic carbocycles. The number of hydrogen-bond acceptors (Lipinski definition) is 5. The minimum atomic E-state index is -0.829. The Hall–Kier alpha value is -3.72. The van der Waals surface area contributed by atoms with Gasteiger partial charge < -0.3 is 16.6 Å². The standard InChI is InChI=1S/C26H21N3OS/c27-16-22(26(29)31-24-14-4-3-13-23(24)28)18-9-5-10-19(15-18)25(30)21-12-6-8-17-7-1-2-11-20(17)21/h1-15,25,30H,28-29H2/b26-22+. The Kier molecular flexibility index (Phi) is 5.94. The molecule has 0 radical (unpaired) electrons. The van der Waals surface area contributed by atoms with Crippen molar-refractivity contribution in [3.8, 4) is 6.07 Å². The molecule has 1 atom stereocenters. The third-order valence-electron chi connectivity index (χ3n) is 5.11. The summed E-state index contributed by atoms with van der Waals surface area (Å²) in [6, 6.07) is 30.7. The van der Waals surface area contributed by atoms with Crippen LogP contribution in [-0.4, -0.2) is 5.11 Å². The lowest BCUT2D eigenvalue weighted by atomic mass is 9.94. The molecular weight excluding hydrogens is 402 g/mol. The van der Waals surface area contributed by atoms with Gasteiger partial charge in [-0.15, -0.1) is 0 Å². The first-order valence-corrected chi connectivity index (χ1v) is 10.6. The van der Waals surface area contributed by atoms with Crippen molar-refractivity contribution in [3.63, 3.8) is 0 Å². The number of para-hydroxylation sites is 1. The molecule has 0 saturated heterocycles. The van der Waals surface area contributed by atoms with Crippen LogP contribution in [0.25, 0.3) is 16.3 Å². The second-order valence-electron chi connectivity index (χ2n) is 7.09. The van der Waals surface area contributed by atoms with Crippen LogP contribution >= 0.6 is 11.8 Å². The van der Waals surface area contributed by atoms with Gasteiger partial charge in [-0.2, -0.15) is 5.26 Å². The highest BCUT2D eigenvalue weighted by molar-refractivity contribution is 8.03. The van der Waals surface area contributed by atoms with Gasteiger partial charge >= 0.3 is 0 Å². The summed E-state index contributed by atoms with van der Waals surface area (Å²) in [6.45, 7) is 0. The zero-order valence-electron chi connectivity index (χ0n) is 16.7. The molecule has 0 amide bonds. The summed E-state index contributed by atoms with van der Waals surface area (Å²) >= 11 is 1.26. The molecule has 0 bridgehead atoms. The van der Waals surface area contributed by atoms with Crippen LogP contribution in [0.2, 0.25) is 0 Å². The van der Waals surface area contributed by atoms with Crippen molar-refractivity contribution in [2.45, 2.75) is 11.0 Å². The number of nitrogens with zero attached hydrogens (tertiary/aromatic N) is 1. The fraction of sp³-hybridized carbons (Fsp3) is 0.0385. The predicted octanol–water partition coefficient (Wildman–Crippen LogP) is 5.45. The smallest absolute Gasteiger partial charge is 0.105 e. The van der Waals surface area contributed by atoms with Gasteiger partial charge in [0, 0.05) is 10.6 Å². The van der Waals surface area contributed by atoms with Gasteiger partial charge in [-0.25, -0.2) is 0 Å². The van der Waals surface area contributed by atoms with Gasteiger partial charge in [-0.05, 0) is 45.7 Å². The van der Waals surface area contributed by atoms with Crippen molar-refractivity contribution in [2.24, 2.45) is 5.73 Å². The maximum absolute atomic E-state index is 11.1. The summed E-state index contributed by atoms with van der Waals surface area (Å²) in [6.07, 6.45) is -0.829. The quantitative estimate of drug-likeness (QED) is 0.225. The average molecular weight is 424 g/mol. The number of fused-ring (bicyclic) bond motifs is 1. The molecule has 0 spiro atoms. The van der Waals surface area contributed by atoms with Crippen LogP contribution in [0, 0.1) is 11.3 Å². The number of anilines is 1. The highest BCUT2D eigenvalue weighted by atomic mass is 32.2. The minimum absolute atomic E-state index is 0.347. The number of rotatable bonds is 5. The maximum Gasteiger partial charge on any atom is 0.105 e. The fourth-order valence-electron chi connectivity index (χ4n) is 3.54. The van der Waals surface area contributed by atoms with Crippen molar-refractivity contribution in [3.05, 3.63) is 113 Å². The third kappa shape index (κ3) is 4.26. The first kappa shape index (κ1) is 20.5. The maximum atomic E-state index is 11.1. The zero-order chi connectivity index (χ0) is 21.8. The lowest BCUT2D eigenvalue weighted by Gasteiger charge is -2.16. The lowest BCUT2D eigenvalue weighted by Crippen LogP contribution is -2.03. The van der Waals surface area contributed by atoms with E-state index in [4.69, 9.17) is 11.5 Å². The summed E-state index contributed by atoms with van der Waals surface area (Å²) in [5.74, 6) is 0. The molecule has 152 valence electrons. The van der Waals surface area contributed by atoms with Crippen LogP contribution in [0.3, 0.4) is 0 Å². The second-order valence-corrected chi connectivity index (χ2v) is 8.17. The van der Waals surface area contributed by atoms with E-state index in [2.05, 4.69) is 6.07 Å². The molecule has 0 aliphatic carbocycles. The normalized spacial score (nSPS) is 12.8. The highest BCUT2D eigenvalue weighted by Crippen LogP contribution is 2.34. The molecule has 0 aliphatic heterocycles.